The van der Waals surface area contributed by atoms with E-state index in [4.69, 9.17) is 10.2 Å². The van der Waals surface area contributed by atoms with E-state index < -0.39 is 12.2 Å². The van der Waals surface area contributed by atoms with Crippen LogP contribution in [0.25, 0.3) is 0 Å². The normalized spacial score (nSPS) is 12.8. The third-order valence-corrected chi connectivity index (χ3v) is 1.87. The second-order valence-corrected chi connectivity index (χ2v) is 2.73. The first kappa shape index (κ1) is 9.77. The lowest BCUT2D eigenvalue weighted by Gasteiger charge is -2.15. The molecule has 0 fully saturated rings. The van der Waals surface area contributed by atoms with Crippen LogP contribution in [0, 0.1) is 0 Å². The SMILES string of the molecule is C=CC(c1ccccc1O)C(O)O. The summed E-state index contributed by atoms with van der Waals surface area (Å²) in [6.07, 6.45) is -0.148. The van der Waals surface area contributed by atoms with Crippen LogP contribution in [0.1, 0.15) is 11.5 Å². The van der Waals surface area contributed by atoms with Crippen LogP contribution in [-0.4, -0.2) is 21.6 Å². The topological polar surface area (TPSA) is 60.7 Å². The van der Waals surface area contributed by atoms with Gasteiger partial charge in [-0.25, -0.2) is 0 Å². The second-order valence-electron chi connectivity index (χ2n) is 2.73. The molecule has 0 saturated heterocycles. The Hall–Kier alpha value is -1.32. The van der Waals surface area contributed by atoms with Gasteiger partial charge in [0, 0.05) is 5.56 Å². The van der Waals surface area contributed by atoms with E-state index in [0.29, 0.717) is 5.56 Å². The average molecular weight is 180 g/mol. The van der Waals surface area contributed by atoms with Gasteiger partial charge in [-0.1, -0.05) is 24.3 Å². The lowest BCUT2D eigenvalue weighted by molar-refractivity contribution is -0.0499. The fourth-order valence-corrected chi connectivity index (χ4v) is 1.18. The molecule has 3 N–H and O–H groups in total. The summed E-state index contributed by atoms with van der Waals surface area (Å²) in [5, 5.41) is 27.3. The van der Waals surface area contributed by atoms with Crippen molar-refractivity contribution in [3.8, 4) is 5.75 Å². The fraction of sp³-hybridized carbons (Fsp3) is 0.200. The number of hydrogen-bond acceptors (Lipinski definition) is 3. The number of aliphatic hydroxyl groups excluding tert-OH is 1. The van der Waals surface area contributed by atoms with E-state index in [1.807, 2.05) is 0 Å². The van der Waals surface area contributed by atoms with E-state index in [0.717, 1.165) is 0 Å². The molecular formula is C10H12O3. The van der Waals surface area contributed by atoms with Crippen molar-refractivity contribution >= 4 is 0 Å². The van der Waals surface area contributed by atoms with Gasteiger partial charge in [0.25, 0.3) is 0 Å². The third-order valence-electron chi connectivity index (χ3n) is 1.87. The van der Waals surface area contributed by atoms with E-state index in [1.54, 1.807) is 18.2 Å². The largest absolute Gasteiger partial charge is 0.508 e. The molecule has 1 aromatic rings. The molecule has 0 spiro atoms. The van der Waals surface area contributed by atoms with Crippen molar-refractivity contribution in [2.75, 3.05) is 0 Å². The molecule has 0 aromatic heterocycles. The highest BCUT2D eigenvalue weighted by Crippen LogP contribution is 2.27. The van der Waals surface area contributed by atoms with Crippen LogP contribution in [0.4, 0.5) is 0 Å². The van der Waals surface area contributed by atoms with Crippen LogP contribution in [0.2, 0.25) is 0 Å². The molecule has 1 unspecified atom stereocenters. The Morgan fingerprint density at radius 3 is 2.31 bits per heavy atom. The molecule has 13 heavy (non-hydrogen) atoms. The Balaban J connectivity index is 3.04. The van der Waals surface area contributed by atoms with Crippen molar-refractivity contribution in [2.24, 2.45) is 0 Å². The van der Waals surface area contributed by atoms with Crippen molar-refractivity contribution in [1.29, 1.82) is 0 Å². The summed E-state index contributed by atoms with van der Waals surface area (Å²) in [5.74, 6) is -0.610. The number of hydrogen-bond donors (Lipinski definition) is 3. The van der Waals surface area contributed by atoms with Crippen LogP contribution in [0.15, 0.2) is 36.9 Å². The fourth-order valence-electron chi connectivity index (χ4n) is 1.18. The van der Waals surface area contributed by atoms with E-state index in [-0.39, 0.29) is 5.75 Å². The molecule has 0 amide bonds. The van der Waals surface area contributed by atoms with Crippen LogP contribution < -0.4 is 0 Å². The number of aliphatic hydroxyl groups is 2. The van der Waals surface area contributed by atoms with Gasteiger partial charge in [-0.2, -0.15) is 0 Å². The molecule has 3 heteroatoms. The number of benzene rings is 1. The minimum Gasteiger partial charge on any atom is -0.508 e. The summed E-state index contributed by atoms with van der Waals surface area (Å²) in [6.45, 7) is 3.47. The summed E-state index contributed by atoms with van der Waals surface area (Å²) in [6, 6.07) is 6.51. The molecule has 0 bridgehead atoms. The van der Waals surface area contributed by atoms with Gasteiger partial charge >= 0.3 is 0 Å². The highest BCUT2D eigenvalue weighted by atomic mass is 16.5. The summed E-state index contributed by atoms with van der Waals surface area (Å²) >= 11 is 0. The quantitative estimate of drug-likeness (QED) is 0.480. The zero-order chi connectivity index (χ0) is 9.84. The van der Waals surface area contributed by atoms with E-state index in [1.165, 1.54) is 12.1 Å². The van der Waals surface area contributed by atoms with Gasteiger partial charge in [-0.15, -0.1) is 6.58 Å². The molecule has 0 radical (unpaired) electrons. The first-order valence-electron chi connectivity index (χ1n) is 3.93. The van der Waals surface area contributed by atoms with Crippen LogP contribution >= 0.6 is 0 Å². The second kappa shape index (κ2) is 4.07. The van der Waals surface area contributed by atoms with E-state index >= 15 is 0 Å². The standard InChI is InChI=1S/C10H12O3/c1-2-7(10(12)13)8-5-3-4-6-9(8)11/h2-7,10-13H,1H2. The van der Waals surface area contributed by atoms with Gasteiger partial charge in [0.1, 0.15) is 5.75 Å². The maximum absolute atomic E-state index is 9.39. The predicted molar refractivity (Wildman–Crippen MR) is 49.3 cm³/mol. The zero-order valence-electron chi connectivity index (χ0n) is 7.09. The molecule has 1 atom stereocenters. The molecule has 70 valence electrons. The minimum atomic E-state index is -1.54. The third kappa shape index (κ3) is 2.08. The minimum absolute atomic E-state index is 0.0421. The summed E-state index contributed by atoms with van der Waals surface area (Å²) in [4.78, 5) is 0. The van der Waals surface area contributed by atoms with Crippen molar-refractivity contribution in [3.63, 3.8) is 0 Å². The predicted octanol–water partition coefficient (Wildman–Crippen LogP) is 0.972. The summed E-state index contributed by atoms with van der Waals surface area (Å²) < 4.78 is 0. The van der Waals surface area contributed by atoms with Gasteiger partial charge in [0.2, 0.25) is 0 Å². The van der Waals surface area contributed by atoms with E-state index in [9.17, 15) is 5.11 Å². The van der Waals surface area contributed by atoms with Gasteiger partial charge in [-0.05, 0) is 6.07 Å². The molecule has 0 aliphatic rings. The van der Waals surface area contributed by atoms with Crippen molar-refractivity contribution < 1.29 is 15.3 Å². The Labute approximate surface area is 76.6 Å². The maximum Gasteiger partial charge on any atom is 0.162 e. The molecule has 0 aliphatic carbocycles. The van der Waals surface area contributed by atoms with Gasteiger partial charge in [0.15, 0.2) is 6.29 Å². The Morgan fingerprint density at radius 1 is 1.23 bits per heavy atom. The lowest BCUT2D eigenvalue weighted by atomic mass is 9.98. The van der Waals surface area contributed by atoms with Crippen LogP contribution in [-0.2, 0) is 0 Å². The average Bonchev–Trinajstić information content (AvgIpc) is 2.09. The maximum atomic E-state index is 9.39. The van der Waals surface area contributed by atoms with Crippen LogP contribution in [0.5, 0.6) is 5.75 Å². The Morgan fingerprint density at radius 2 is 1.85 bits per heavy atom. The summed E-state index contributed by atoms with van der Waals surface area (Å²) in [7, 11) is 0. The number of para-hydroxylation sites is 1. The lowest BCUT2D eigenvalue weighted by Crippen LogP contribution is -2.15. The van der Waals surface area contributed by atoms with Crippen molar-refractivity contribution in [3.05, 3.63) is 42.5 Å². The van der Waals surface area contributed by atoms with E-state index in [2.05, 4.69) is 6.58 Å². The van der Waals surface area contributed by atoms with Gasteiger partial charge in [0.05, 0.1) is 5.92 Å². The molecule has 0 saturated carbocycles. The van der Waals surface area contributed by atoms with Gasteiger partial charge in [-0.3, -0.25) is 0 Å². The molecule has 1 aromatic carbocycles. The molecule has 0 heterocycles. The monoisotopic (exact) mass is 180 g/mol. The zero-order valence-corrected chi connectivity index (χ0v) is 7.09. The highest BCUT2D eigenvalue weighted by molar-refractivity contribution is 5.37. The first-order chi connectivity index (χ1) is 6.16. The van der Waals surface area contributed by atoms with Crippen LogP contribution in [0.3, 0.4) is 0 Å². The van der Waals surface area contributed by atoms with Gasteiger partial charge < -0.3 is 15.3 Å². The number of phenolic OH excluding ortho intramolecular Hbond substituents is 1. The number of phenols is 1. The molecular weight excluding hydrogens is 168 g/mol. The molecule has 3 nitrogen and oxygen atoms in total. The molecule has 1 rings (SSSR count). The number of rotatable bonds is 3. The Bertz CT molecular complexity index is 294. The molecule has 0 aliphatic heterocycles. The van der Waals surface area contributed by atoms with Crippen molar-refractivity contribution in [1.82, 2.24) is 0 Å². The highest BCUT2D eigenvalue weighted by Gasteiger charge is 2.17. The van der Waals surface area contributed by atoms with Crippen molar-refractivity contribution in [2.45, 2.75) is 12.2 Å². The summed E-state index contributed by atoms with van der Waals surface area (Å²) in [5.41, 5.74) is 0.465. The smallest absolute Gasteiger partial charge is 0.162 e. The number of aromatic hydroxyl groups is 1. The first-order valence-corrected chi connectivity index (χ1v) is 3.93. The Kier molecular flexibility index (Phi) is 3.06.